The highest BCUT2D eigenvalue weighted by Gasteiger charge is 2.30. The lowest BCUT2D eigenvalue weighted by Crippen LogP contribution is -2.12. The van der Waals surface area contributed by atoms with Gasteiger partial charge in [-0.3, -0.25) is 0 Å². The lowest BCUT2D eigenvalue weighted by atomic mass is 10.2. The minimum Gasteiger partial charge on any atom is -0.392 e. The van der Waals surface area contributed by atoms with E-state index < -0.39 is 0 Å². The van der Waals surface area contributed by atoms with Crippen molar-refractivity contribution >= 4 is 0 Å². The van der Waals surface area contributed by atoms with E-state index in [1.165, 1.54) is 0 Å². The minimum absolute atomic E-state index is 0.288. The molecular formula is C11H18N2O2. The Morgan fingerprint density at radius 3 is 3.00 bits per heavy atom. The first-order valence-electron chi connectivity index (χ1n) is 5.79. The second-order valence-electron chi connectivity index (χ2n) is 4.32. The third kappa shape index (κ3) is 3.02. The number of unbranched alkanes of at least 4 members (excludes halogenated alkanes) is 1. The van der Waals surface area contributed by atoms with Gasteiger partial charge in [0, 0.05) is 6.42 Å². The van der Waals surface area contributed by atoms with Gasteiger partial charge in [-0.25, -0.2) is 0 Å². The van der Waals surface area contributed by atoms with Crippen LogP contribution in [0.25, 0.3) is 0 Å². The maximum Gasteiger partial charge on any atom is 0.229 e. The van der Waals surface area contributed by atoms with Crippen molar-refractivity contribution in [3.8, 4) is 0 Å². The van der Waals surface area contributed by atoms with Crippen LogP contribution in [0.1, 0.15) is 44.3 Å². The molecule has 1 aliphatic carbocycles. The van der Waals surface area contributed by atoms with Gasteiger partial charge in [0.05, 0.1) is 12.5 Å². The SMILES string of the molecule is CCCCc1noc(CC(O)C2CC2)n1. The Morgan fingerprint density at radius 2 is 2.33 bits per heavy atom. The van der Waals surface area contributed by atoms with Crippen molar-refractivity contribution in [3.63, 3.8) is 0 Å². The molecule has 4 nitrogen and oxygen atoms in total. The summed E-state index contributed by atoms with van der Waals surface area (Å²) in [5.74, 6) is 1.83. The molecule has 0 aromatic carbocycles. The first-order valence-corrected chi connectivity index (χ1v) is 5.79. The monoisotopic (exact) mass is 210 g/mol. The zero-order valence-corrected chi connectivity index (χ0v) is 9.15. The fraction of sp³-hybridized carbons (Fsp3) is 0.818. The van der Waals surface area contributed by atoms with Crippen LogP contribution in [-0.2, 0) is 12.8 Å². The molecule has 1 fully saturated rings. The largest absolute Gasteiger partial charge is 0.392 e. The van der Waals surface area contributed by atoms with Crippen LogP contribution in [-0.4, -0.2) is 21.4 Å². The molecule has 2 rings (SSSR count). The number of aryl methyl sites for hydroxylation is 1. The number of aliphatic hydroxyl groups excluding tert-OH is 1. The number of rotatable bonds is 6. The fourth-order valence-electron chi connectivity index (χ4n) is 1.64. The molecule has 4 heteroatoms. The van der Waals surface area contributed by atoms with Crippen LogP contribution in [0.15, 0.2) is 4.52 Å². The lowest BCUT2D eigenvalue weighted by Gasteiger charge is -2.03. The molecule has 1 heterocycles. The Kier molecular flexibility index (Phi) is 3.36. The number of hydrogen-bond donors (Lipinski definition) is 1. The summed E-state index contributed by atoms with van der Waals surface area (Å²) in [5.41, 5.74) is 0. The topological polar surface area (TPSA) is 59.2 Å². The molecule has 1 saturated carbocycles. The molecule has 0 amide bonds. The van der Waals surface area contributed by atoms with Crippen LogP contribution in [0.4, 0.5) is 0 Å². The quantitative estimate of drug-likeness (QED) is 0.776. The van der Waals surface area contributed by atoms with Gasteiger partial charge in [0.1, 0.15) is 0 Å². The lowest BCUT2D eigenvalue weighted by molar-refractivity contribution is 0.140. The Labute approximate surface area is 89.7 Å². The molecule has 1 aromatic rings. The van der Waals surface area contributed by atoms with Crippen LogP contribution in [0.5, 0.6) is 0 Å². The van der Waals surface area contributed by atoms with E-state index in [1.54, 1.807) is 0 Å². The Bertz CT molecular complexity index is 307. The van der Waals surface area contributed by atoms with E-state index in [4.69, 9.17) is 4.52 Å². The zero-order valence-electron chi connectivity index (χ0n) is 9.15. The van der Waals surface area contributed by atoms with Crippen molar-refractivity contribution in [2.24, 2.45) is 5.92 Å². The minimum atomic E-state index is -0.288. The van der Waals surface area contributed by atoms with Crippen molar-refractivity contribution < 1.29 is 9.63 Å². The average Bonchev–Trinajstić information content (AvgIpc) is 2.99. The van der Waals surface area contributed by atoms with Crippen LogP contribution < -0.4 is 0 Å². The van der Waals surface area contributed by atoms with Crippen LogP contribution in [0, 0.1) is 5.92 Å². The van der Waals surface area contributed by atoms with E-state index in [-0.39, 0.29) is 6.10 Å². The van der Waals surface area contributed by atoms with Crippen molar-refractivity contribution in [2.45, 2.75) is 51.6 Å². The standard InChI is InChI=1S/C11H18N2O2/c1-2-3-4-10-12-11(15-13-10)7-9(14)8-5-6-8/h8-9,14H,2-7H2,1H3. The van der Waals surface area contributed by atoms with E-state index in [0.717, 1.165) is 37.9 Å². The molecule has 0 bridgehead atoms. The van der Waals surface area contributed by atoms with Crippen molar-refractivity contribution in [3.05, 3.63) is 11.7 Å². The first-order chi connectivity index (χ1) is 7.29. The van der Waals surface area contributed by atoms with Crippen LogP contribution >= 0.6 is 0 Å². The molecule has 1 atom stereocenters. The maximum atomic E-state index is 9.70. The molecule has 0 aliphatic heterocycles. The van der Waals surface area contributed by atoms with E-state index in [1.807, 2.05) is 0 Å². The van der Waals surface area contributed by atoms with Gasteiger partial charge in [-0.15, -0.1) is 0 Å². The molecule has 0 saturated heterocycles. The second-order valence-corrected chi connectivity index (χ2v) is 4.32. The summed E-state index contributed by atoms with van der Waals surface area (Å²) in [6.45, 7) is 2.14. The number of nitrogens with zero attached hydrogens (tertiary/aromatic N) is 2. The van der Waals surface area contributed by atoms with Crippen LogP contribution in [0.3, 0.4) is 0 Å². The predicted molar refractivity (Wildman–Crippen MR) is 55.3 cm³/mol. The smallest absolute Gasteiger partial charge is 0.229 e. The van der Waals surface area contributed by atoms with Gasteiger partial charge in [-0.05, 0) is 25.2 Å². The number of hydrogen-bond acceptors (Lipinski definition) is 4. The Balaban J connectivity index is 1.83. The maximum absolute atomic E-state index is 9.70. The van der Waals surface area contributed by atoms with Gasteiger partial charge < -0.3 is 9.63 Å². The highest BCUT2D eigenvalue weighted by atomic mass is 16.5. The molecule has 84 valence electrons. The second kappa shape index (κ2) is 4.75. The van der Waals surface area contributed by atoms with E-state index in [0.29, 0.717) is 18.2 Å². The molecular weight excluding hydrogens is 192 g/mol. The molecule has 0 radical (unpaired) electrons. The van der Waals surface area contributed by atoms with Gasteiger partial charge in [0.25, 0.3) is 0 Å². The zero-order chi connectivity index (χ0) is 10.7. The van der Waals surface area contributed by atoms with Gasteiger partial charge in [-0.1, -0.05) is 18.5 Å². The van der Waals surface area contributed by atoms with Gasteiger partial charge in [0.15, 0.2) is 5.82 Å². The van der Waals surface area contributed by atoms with E-state index >= 15 is 0 Å². The van der Waals surface area contributed by atoms with Crippen molar-refractivity contribution in [1.82, 2.24) is 10.1 Å². The van der Waals surface area contributed by atoms with Crippen molar-refractivity contribution in [2.75, 3.05) is 0 Å². The summed E-state index contributed by atoms with van der Waals surface area (Å²) in [6.07, 6.45) is 5.60. The fourth-order valence-corrected chi connectivity index (χ4v) is 1.64. The van der Waals surface area contributed by atoms with E-state index in [9.17, 15) is 5.11 Å². The number of aromatic nitrogens is 2. The summed E-state index contributed by atoms with van der Waals surface area (Å²) >= 11 is 0. The molecule has 1 N–H and O–H groups in total. The summed E-state index contributed by atoms with van der Waals surface area (Å²) in [5, 5.41) is 13.6. The first kappa shape index (κ1) is 10.6. The Morgan fingerprint density at radius 1 is 1.53 bits per heavy atom. The summed E-state index contributed by atoms with van der Waals surface area (Å²) < 4.78 is 5.09. The summed E-state index contributed by atoms with van der Waals surface area (Å²) in [7, 11) is 0. The van der Waals surface area contributed by atoms with Gasteiger partial charge >= 0.3 is 0 Å². The molecule has 1 unspecified atom stereocenters. The van der Waals surface area contributed by atoms with Crippen LogP contribution in [0.2, 0.25) is 0 Å². The summed E-state index contributed by atoms with van der Waals surface area (Å²) in [6, 6.07) is 0. The molecule has 1 aliphatic rings. The molecule has 1 aromatic heterocycles. The van der Waals surface area contributed by atoms with Gasteiger partial charge in [0.2, 0.25) is 5.89 Å². The molecule has 15 heavy (non-hydrogen) atoms. The van der Waals surface area contributed by atoms with E-state index in [2.05, 4.69) is 17.1 Å². The number of aliphatic hydroxyl groups is 1. The summed E-state index contributed by atoms with van der Waals surface area (Å²) in [4.78, 5) is 4.26. The Hall–Kier alpha value is -0.900. The normalized spacial score (nSPS) is 18.0. The third-order valence-corrected chi connectivity index (χ3v) is 2.81. The van der Waals surface area contributed by atoms with Gasteiger partial charge in [-0.2, -0.15) is 4.98 Å². The average molecular weight is 210 g/mol. The van der Waals surface area contributed by atoms with Crippen molar-refractivity contribution in [1.29, 1.82) is 0 Å². The molecule has 0 spiro atoms. The predicted octanol–water partition coefficient (Wildman–Crippen LogP) is 1.73. The third-order valence-electron chi connectivity index (χ3n) is 2.81. The highest BCUT2D eigenvalue weighted by molar-refractivity contribution is 4.92. The highest BCUT2D eigenvalue weighted by Crippen LogP contribution is 2.33.